The van der Waals surface area contributed by atoms with E-state index >= 15 is 0 Å². The number of hydrogen-bond acceptors (Lipinski definition) is 4. The molecule has 1 aromatic carbocycles. The summed E-state index contributed by atoms with van der Waals surface area (Å²) in [5.74, 6) is 0. The van der Waals surface area contributed by atoms with Gasteiger partial charge in [0, 0.05) is 6.20 Å². The van der Waals surface area contributed by atoms with Crippen molar-refractivity contribution in [2.24, 2.45) is 5.18 Å². The highest BCUT2D eigenvalue weighted by molar-refractivity contribution is 5.38. The molecule has 5 heteroatoms. The zero-order valence-electron chi connectivity index (χ0n) is 7.37. The summed E-state index contributed by atoms with van der Waals surface area (Å²) in [6, 6.07) is 7.05. The molecule has 0 bridgehead atoms. The van der Waals surface area contributed by atoms with Crippen molar-refractivity contribution in [2.75, 3.05) is 0 Å². The zero-order valence-corrected chi connectivity index (χ0v) is 7.37. The molecule has 0 unspecified atom stereocenters. The monoisotopic (exact) mass is 188 g/mol. The van der Waals surface area contributed by atoms with E-state index in [2.05, 4.69) is 15.5 Å². The first-order valence-electron chi connectivity index (χ1n) is 4.15. The van der Waals surface area contributed by atoms with Gasteiger partial charge in [0.05, 0.1) is 12.7 Å². The third-order valence-electron chi connectivity index (χ3n) is 1.86. The molecule has 5 nitrogen and oxygen atoms in total. The van der Waals surface area contributed by atoms with Gasteiger partial charge in [-0.15, -0.1) is 10.0 Å². The summed E-state index contributed by atoms with van der Waals surface area (Å²) in [6.45, 7) is 0.652. The predicted octanol–water partition coefficient (Wildman–Crippen LogP) is 1.72. The summed E-state index contributed by atoms with van der Waals surface area (Å²) in [6.07, 6.45) is 3.41. The van der Waals surface area contributed by atoms with Crippen LogP contribution in [0.25, 0.3) is 0 Å². The molecule has 2 aromatic rings. The van der Waals surface area contributed by atoms with Crippen LogP contribution in [0.2, 0.25) is 0 Å². The van der Waals surface area contributed by atoms with Gasteiger partial charge in [0.2, 0.25) is 0 Å². The van der Waals surface area contributed by atoms with Gasteiger partial charge in [-0.25, -0.2) is 4.68 Å². The Labute approximate surface area is 80.3 Å². The van der Waals surface area contributed by atoms with E-state index < -0.39 is 0 Å². The molecule has 0 amide bonds. The minimum Gasteiger partial charge on any atom is -0.248 e. The molecule has 70 valence electrons. The van der Waals surface area contributed by atoms with E-state index in [-0.39, 0.29) is 0 Å². The topological polar surface area (TPSA) is 60.1 Å². The van der Waals surface area contributed by atoms with Gasteiger partial charge >= 0.3 is 0 Å². The largest absolute Gasteiger partial charge is 0.248 e. The van der Waals surface area contributed by atoms with Crippen molar-refractivity contribution in [3.63, 3.8) is 0 Å². The Morgan fingerprint density at radius 3 is 2.64 bits per heavy atom. The second-order valence-electron chi connectivity index (χ2n) is 2.86. The Morgan fingerprint density at radius 1 is 1.29 bits per heavy atom. The molecule has 14 heavy (non-hydrogen) atoms. The molecular formula is C9H8N4O. The minimum atomic E-state index is 0.437. The van der Waals surface area contributed by atoms with Crippen LogP contribution in [-0.2, 0) is 6.54 Å². The first-order chi connectivity index (χ1) is 6.88. The van der Waals surface area contributed by atoms with Crippen molar-refractivity contribution >= 4 is 5.69 Å². The summed E-state index contributed by atoms with van der Waals surface area (Å²) < 4.78 is 1.71. The lowest BCUT2D eigenvalue weighted by Crippen LogP contribution is -1.99. The molecule has 0 aliphatic carbocycles. The maximum absolute atomic E-state index is 10.2. The molecule has 0 atom stereocenters. The van der Waals surface area contributed by atoms with Crippen LogP contribution in [0.1, 0.15) is 5.56 Å². The molecule has 0 saturated carbocycles. The van der Waals surface area contributed by atoms with Crippen molar-refractivity contribution < 1.29 is 0 Å². The van der Waals surface area contributed by atoms with Crippen molar-refractivity contribution in [1.29, 1.82) is 0 Å². The fraction of sp³-hybridized carbons (Fsp3) is 0.111. The standard InChI is InChI=1S/C9H8N4O/c14-11-9-3-1-8(2-4-9)7-13-6-5-10-12-13/h1-6H,7H2. The SMILES string of the molecule is O=Nc1ccc(Cn2ccnn2)cc1. The number of hydrogen-bond donors (Lipinski definition) is 0. The quantitative estimate of drug-likeness (QED) is 0.689. The van der Waals surface area contributed by atoms with Crippen molar-refractivity contribution in [3.05, 3.63) is 47.1 Å². The van der Waals surface area contributed by atoms with Gasteiger partial charge in [-0.1, -0.05) is 17.3 Å². The Hall–Kier alpha value is -2.04. The smallest absolute Gasteiger partial charge is 0.108 e. The first kappa shape index (κ1) is 8.55. The molecule has 0 radical (unpaired) electrons. The zero-order chi connectivity index (χ0) is 9.80. The van der Waals surface area contributed by atoms with Gasteiger partial charge < -0.3 is 0 Å². The molecule has 0 N–H and O–H groups in total. The number of benzene rings is 1. The Morgan fingerprint density at radius 2 is 2.07 bits per heavy atom. The van der Waals surface area contributed by atoms with Gasteiger partial charge in [-0.05, 0) is 22.9 Å². The maximum Gasteiger partial charge on any atom is 0.108 e. The van der Waals surface area contributed by atoms with E-state index in [0.717, 1.165) is 5.56 Å². The van der Waals surface area contributed by atoms with Crippen molar-refractivity contribution in [3.8, 4) is 0 Å². The summed E-state index contributed by atoms with van der Waals surface area (Å²) in [5.41, 5.74) is 1.50. The van der Waals surface area contributed by atoms with Gasteiger partial charge in [0.1, 0.15) is 5.69 Å². The number of nitroso groups, excluding NO2 is 1. The highest BCUT2D eigenvalue weighted by atomic mass is 16.3. The van der Waals surface area contributed by atoms with Crippen LogP contribution in [0, 0.1) is 4.91 Å². The number of aromatic nitrogens is 3. The highest BCUT2D eigenvalue weighted by Crippen LogP contribution is 2.12. The molecular weight excluding hydrogens is 180 g/mol. The highest BCUT2D eigenvalue weighted by Gasteiger charge is 1.96. The van der Waals surface area contributed by atoms with Crippen LogP contribution >= 0.6 is 0 Å². The molecule has 1 heterocycles. The second kappa shape index (κ2) is 3.78. The Bertz CT molecular complexity index is 407. The molecule has 0 saturated heterocycles. The molecule has 0 fully saturated rings. The average Bonchev–Trinajstić information content (AvgIpc) is 2.72. The lowest BCUT2D eigenvalue weighted by atomic mass is 10.2. The van der Waals surface area contributed by atoms with Gasteiger partial charge in [-0.3, -0.25) is 0 Å². The molecule has 0 spiro atoms. The van der Waals surface area contributed by atoms with Crippen LogP contribution in [0.15, 0.2) is 41.8 Å². The third-order valence-corrected chi connectivity index (χ3v) is 1.86. The van der Waals surface area contributed by atoms with E-state index in [4.69, 9.17) is 0 Å². The summed E-state index contributed by atoms with van der Waals surface area (Å²) in [7, 11) is 0. The Kier molecular flexibility index (Phi) is 2.31. The second-order valence-corrected chi connectivity index (χ2v) is 2.86. The maximum atomic E-state index is 10.2. The van der Waals surface area contributed by atoms with Crippen LogP contribution in [0.3, 0.4) is 0 Å². The van der Waals surface area contributed by atoms with Gasteiger partial charge in [0.15, 0.2) is 0 Å². The van der Waals surface area contributed by atoms with Gasteiger partial charge in [0.25, 0.3) is 0 Å². The van der Waals surface area contributed by atoms with E-state index in [1.807, 2.05) is 12.1 Å². The average molecular weight is 188 g/mol. The minimum absolute atomic E-state index is 0.437. The fourth-order valence-electron chi connectivity index (χ4n) is 1.17. The molecule has 0 aliphatic rings. The van der Waals surface area contributed by atoms with Crippen LogP contribution in [0.5, 0.6) is 0 Å². The number of nitrogens with zero attached hydrogens (tertiary/aromatic N) is 4. The predicted molar refractivity (Wildman–Crippen MR) is 51.0 cm³/mol. The third kappa shape index (κ3) is 1.82. The summed E-state index contributed by atoms with van der Waals surface area (Å²) in [4.78, 5) is 10.2. The van der Waals surface area contributed by atoms with E-state index in [0.29, 0.717) is 12.2 Å². The normalized spacial score (nSPS) is 10.0. The van der Waals surface area contributed by atoms with Crippen molar-refractivity contribution in [2.45, 2.75) is 6.54 Å². The van der Waals surface area contributed by atoms with E-state index in [9.17, 15) is 4.91 Å². The van der Waals surface area contributed by atoms with Crippen LogP contribution in [0.4, 0.5) is 5.69 Å². The lowest BCUT2D eigenvalue weighted by Gasteiger charge is -1.99. The molecule has 0 aliphatic heterocycles. The van der Waals surface area contributed by atoms with Crippen LogP contribution in [-0.4, -0.2) is 15.0 Å². The summed E-state index contributed by atoms with van der Waals surface area (Å²) >= 11 is 0. The lowest BCUT2D eigenvalue weighted by molar-refractivity contribution is 0.650. The summed E-state index contributed by atoms with van der Waals surface area (Å²) in [5, 5.41) is 10.4. The number of rotatable bonds is 3. The fourth-order valence-corrected chi connectivity index (χ4v) is 1.17. The van der Waals surface area contributed by atoms with Crippen LogP contribution < -0.4 is 0 Å². The molecule has 1 aromatic heterocycles. The van der Waals surface area contributed by atoms with E-state index in [1.165, 1.54) is 0 Å². The first-order valence-corrected chi connectivity index (χ1v) is 4.15. The molecule has 2 rings (SSSR count). The van der Waals surface area contributed by atoms with Crippen molar-refractivity contribution in [1.82, 2.24) is 15.0 Å². The Balaban J connectivity index is 2.14. The van der Waals surface area contributed by atoms with E-state index in [1.54, 1.807) is 29.2 Å². The van der Waals surface area contributed by atoms with Gasteiger partial charge in [-0.2, -0.15) is 0 Å².